The minimum absolute atomic E-state index is 0.149. The number of hydrogen-bond acceptors (Lipinski definition) is 14. The topological polar surface area (TPSA) is 202 Å². The third-order valence-corrected chi connectivity index (χ3v) is 11.9. The van der Waals surface area contributed by atoms with Gasteiger partial charge in [0.2, 0.25) is 0 Å². The van der Waals surface area contributed by atoms with Gasteiger partial charge in [0.15, 0.2) is 29.1 Å². The largest absolute Gasteiger partial charge is 0.458 e. The van der Waals surface area contributed by atoms with Gasteiger partial charge in [-0.3, -0.25) is 14.4 Å². The van der Waals surface area contributed by atoms with Gasteiger partial charge < -0.3 is 44.7 Å². The van der Waals surface area contributed by atoms with E-state index in [1.807, 2.05) is 11.8 Å². The number of fused-ring (bicyclic) bond motifs is 1. The van der Waals surface area contributed by atoms with Crippen LogP contribution in [0.2, 0.25) is 0 Å². The maximum absolute atomic E-state index is 17.5. The average Bonchev–Trinajstić information content (AvgIpc) is 3.50. The van der Waals surface area contributed by atoms with Crippen LogP contribution in [0.3, 0.4) is 0 Å². The molecule has 1 amide bonds. The predicted octanol–water partition coefficient (Wildman–Crippen LogP) is 4.03. The van der Waals surface area contributed by atoms with Crippen molar-refractivity contribution in [2.75, 3.05) is 26.4 Å². The number of nitrogens with one attached hydrogen (secondary N) is 1. The highest BCUT2D eigenvalue weighted by Crippen LogP contribution is 2.42. The Morgan fingerprint density at radius 1 is 1.02 bits per heavy atom. The third-order valence-electron chi connectivity index (χ3n) is 11.9. The number of nitrogen functional groups attached to an aromatic ring is 1. The number of alkyl carbamates (subject to hydrolysis) is 1. The highest BCUT2D eigenvalue weighted by atomic mass is 19.1. The molecule has 16 heteroatoms. The Kier molecular flexibility index (Phi) is 13.9. The third kappa shape index (κ3) is 9.76. The lowest BCUT2D eigenvalue weighted by atomic mass is 9.72. The lowest BCUT2D eigenvalue weighted by Crippen LogP contribution is -2.62. The Labute approximate surface area is 345 Å². The number of nitrogens with zero attached hydrogens (tertiary/aromatic N) is 3. The van der Waals surface area contributed by atoms with Crippen molar-refractivity contribution in [3.8, 4) is 23.2 Å². The van der Waals surface area contributed by atoms with Crippen LogP contribution in [-0.2, 0) is 38.1 Å². The Morgan fingerprint density at radius 3 is 2.32 bits per heavy atom. The number of anilines is 1. The first kappa shape index (κ1) is 45.6. The fraction of sp³-hybridized carbons (Fsp3) is 0.628. The number of hydrogen-bond donors (Lipinski definition) is 3. The number of nitrogens with two attached hydrogens (primary N) is 1. The van der Waals surface area contributed by atoms with Gasteiger partial charge in [-0.05, 0) is 91.7 Å². The first-order valence-corrected chi connectivity index (χ1v) is 20.1. The molecular formula is C43H58FN5O10. The Bertz CT molecular complexity index is 1950. The van der Waals surface area contributed by atoms with Crippen LogP contribution in [0, 0.1) is 29.6 Å². The van der Waals surface area contributed by atoms with E-state index in [9.17, 15) is 24.3 Å². The summed E-state index contributed by atoms with van der Waals surface area (Å²) in [4.78, 5) is 66.1. The van der Waals surface area contributed by atoms with Crippen molar-refractivity contribution in [1.29, 1.82) is 0 Å². The van der Waals surface area contributed by atoms with Crippen molar-refractivity contribution in [2.45, 2.75) is 134 Å². The van der Waals surface area contributed by atoms with Gasteiger partial charge in [-0.15, -0.1) is 0 Å². The van der Waals surface area contributed by atoms with Crippen LogP contribution in [0.15, 0.2) is 36.4 Å². The molecule has 0 unspecified atom stereocenters. The molecule has 5 heterocycles. The van der Waals surface area contributed by atoms with Crippen molar-refractivity contribution in [2.24, 2.45) is 17.8 Å². The van der Waals surface area contributed by atoms with Crippen LogP contribution in [0.25, 0.3) is 11.4 Å². The second kappa shape index (κ2) is 18.0. The number of aromatic nitrogens is 2. The zero-order chi connectivity index (χ0) is 43.6. The van der Waals surface area contributed by atoms with E-state index in [0.29, 0.717) is 29.3 Å². The molecular weight excluding hydrogens is 765 g/mol. The number of rotatable bonds is 7. The number of alkyl halides is 1. The number of carbonyl (C=O) groups is 4. The van der Waals surface area contributed by atoms with Gasteiger partial charge in [0, 0.05) is 24.3 Å². The van der Waals surface area contributed by atoms with Gasteiger partial charge in [-0.2, -0.15) is 0 Å². The molecule has 5 rings (SSSR count). The monoisotopic (exact) mass is 823 g/mol. The summed E-state index contributed by atoms with van der Waals surface area (Å²) < 4.78 is 48.2. The number of aliphatic hydroxyl groups is 1. The minimum Gasteiger partial charge on any atom is -0.458 e. The summed E-state index contributed by atoms with van der Waals surface area (Å²) in [7, 11) is 3.61. The second-order valence-electron chi connectivity index (χ2n) is 16.9. The molecule has 2 aromatic heterocycles. The number of aliphatic hydroxyl groups excluding tert-OH is 1. The number of likely N-dealkylation sites (N-methyl/N-ethyl adjacent to an activating group) is 1. The van der Waals surface area contributed by atoms with Crippen LogP contribution in [-0.4, -0.2) is 124 Å². The summed E-state index contributed by atoms with van der Waals surface area (Å²) in [6, 6.07) is 8.85. The van der Waals surface area contributed by atoms with Crippen LogP contribution in [0.1, 0.15) is 80.3 Å². The predicted molar refractivity (Wildman–Crippen MR) is 214 cm³/mol. The van der Waals surface area contributed by atoms with Crippen molar-refractivity contribution >= 4 is 29.4 Å². The van der Waals surface area contributed by atoms with Crippen molar-refractivity contribution in [3.05, 3.63) is 42.1 Å². The van der Waals surface area contributed by atoms with Gasteiger partial charge in [0.25, 0.3) is 0 Å². The molecule has 15 nitrogen and oxygen atoms in total. The molecule has 0 bridgehead atoms. The summed E-state index contributed by atoms with van der Waals surface area (Å²) >= 11 is 0. The van der Waals surface area contributed by atoms with E-state index in [-0.39, 0.29) is 13.0 Å². The Balaban J connectivity index is 1.59. The Hall–Kier alpha value is -4.53. The molecule has 3 fully saturated rings. The highest BCUT2D eigenvalue weighted by molar-refractivity contribution is 6.00. The molecule has 0 aromatic carbocycles. The number of ketones is 2. The van der Waals surface area contributed by atoms with Gasteiger partial charge in [0.1, 0.15) is 36.2 Å². The van der Waals surface area contributed by atoms with Gasteiger partial charge in [0.05, 0.1) is 35.2 Å². The first-order valence-electron chi connectivity index (χ1n) is 20.1. The summed E-state index contributed by atoms with van der Waals surface area (Å²) in [5.74, 6) is -0.0549. The van der Waals surface area contributed by atoms with E-state index in [1.54, 1.807) is 57.4 Å². The Morgan fingerprint density at radius 2 is 1.68 bits per heavy atom. The minimum atomic E-state index is -2.68. The summed E-state index contributed by atoms with van der Waals surface area (Å²) in [6.45, 7) is 11.7. The fourth-order valence-corrected chi connectivity index (χ4v) is 8.72. The van der Waals surface area contributed by atoms with E-state index in [4.69, 9.17) is 29.4 Å². The molecule has 0 radical (unpaired) electrons. The molecule has 3 aliphatic rings. The lowest BCUT2D eigenvalue weighted by molar-refractivity contribution is -0.297. The van der Waals surface area contributed by atoms with Crippen LogP contribution in [0.4, 0.5) is 15.0 Å². The molecule has 0 spiro atoms. The number of esters is 1. The summed E-state index contributed by atoms with van der Waals surface area (Å²) in [5.41, 5.74) is 1.18. The van der Waals surface area contributed by atoms with E-state index >= 15 is 4.39 Å². The van der Waals surface area contributed by atoms with Crippen LogP contribution >= 0.6 is 0 Å². The van der Waals surface area contributed by atoms with Gasteiger partial charge >= 0.3 is 12.1 Å². The van der Waals surface area contributed by atoms with E-state index < -0.39 is 107 Å². The van der Waals surface area contributed by atoms with Crippen LogP contribution in [0.5, 0.6) is 0 Å². The number of carbonyl (C=O) groups excluding carboxylic acids is 4. The fourth-order valence-electron chi connectivity index (χ4n) is 8.72. The zero-order valence-corrected chi connectivity index (χ0v) is 35.5. The molecule has 4 N–H and O–H groups in total. The smallest absolute Gasteiger partial charge is 0.408 e. The molecule has 2 aromatic rings. The number of ether oxygens (including phenoxy) is 5. The van der Waals surface area contributed by atoms with Crippen molar-refractivity contribution < 1.29 is 52.4 Å². The highest BCUT2D eigenvalue weighted by Gasteiger charge is 2.59. The van der Waals surface area contributed by atoms with Crippen LogP contribution < -0.4 is 11.1 Å². The normalized spacial score (nSPS) is 37.0. The molecule has 13 atom stereocenters. The number of Topliss-reactive ketones (excluding diaryl/α,β-unsaturated/α-hetero) is 2. The number of cyclic esters (lactones) is 1. The van der Waals surface area contributed by atoms with E-state index in [1.165, 1.54) is 34.6 Å². The van der Waals surface area contributed by atoms with E-state index in [2.05, 4.69) is 27.1 Å². The van der Waals surface area contributed by atoms with Gasteiger partial charge in [-0.25, -0.2) is 19.2 Å². The molecule has 322 valence electrons. The van der Waals surface area contributed by atoms with E-state index in [0.717, 1.165) is 6.92 Å². The maximum Gasteiger partial charge on any atom is 0.408 e. The standard InChI is InChI=1S/C43H58FN5O10/c1-11-31-43(8)35(48-40(54)59-43)26(5)36(52)41(6,44)22-42(7,55-20-14-16-27-15-12-17-28(46-27)29-18-13-19-32(45)47-29)37(24(3)33(50)25(4)38(53)57-31)58-39-34(51)30(49(9)10)21-23(2)56-39/h12-13,15,17-19,23-26,30-31,34-35,37,39,51H,11,20-22H2,1-10H3,(H2,45,47)(H,48,54)/t23-,24+,25-,26-,30+,31-,34-,35+,37-,39+,41+,42-,43-/m1/s1. The zero-order valence-electron chi connectivity index (χ0n) is 35.5. The van der Waals surface area contributed by atoms with Gasteiger partial charge in [-0.1, -0.05) is 38.8 Å². The number of amides is 1. The quantitative estimate of drug-likeness (QED) is 0.205. The molecule has 3 aliphatic heterocycles. The summed E-state index contributed by atoms with van der Waals surface area (Å²) in [6.07, 6.45) is -6.39. The first-order chi connectivity index (χ1) is 27.6. The summed E-state index contributed by atoms with van der Waals surface area (Å²) in [5, 5.41) is 14.2. The van der Waals surface area contributed by atoms with Crippen molar-refractivity contribution in [3.63, 3.8) is 0 Å². The molecule has 3 saturated heterocycles. The second-order valence-corrected chi connectivity index (χ2v) is 16.9. The number of pyridine rings is 2. The number of halogens is 1. The van der Waals surface area contributed by atoms with Crippen molar-refractivity contribution in [1.82, 2.24) is 20.2 Å². The maximum atomic E-state index is 17.5. The molecule has 0 saturated carbocycles. The average molecular weight is 824 g/mol. The lowest BCUT2D eigenvalue weighted by Gasteiger charge is -2.47. The SMILES string of the molecule is CC[C@H]1OC(=O)[C@H](C)C(=O)[C@H](C)[C@@H](O[C@@H]2O[C@H](C)C[C@H](N(C)C)[C@H]2O)[C@](C)(OCC#Cc2cccc(-c3cccc(N)n3)n2)C[C@](C)(F)C(=O)[C@H](C)[C@@H]2NC(=O)O[C@]12C. The molecule has 0 aliphatic carbocycles. The molecule has 59 heavy (non-hydrogen) atoms.